The molecule has 3 nitrogen and oxygen atoms in total. The highest BCUT2D eigenvalue weighted by molar-refractivity contribution is 5.66. The normalized spacial score (nSPS) is 15.2. The van der Waals surface area contributed by atoms with Crippen molar-refractivity contribution in [1.82, 2.24) is 0 Å². The molecule has 0 bridgehead atoms. The van der Waals surface area contributed by atoms with Gasteiger partial charge in [0.15, 0.2) is 11.5 Å². The molecule has 0 unspecified atom stereocenters. The summed E-state index contributed by atoms with van der Waals surface area (Å²) in [4.78, 5) is 0. The number of fused-ring (bicyclic) bond motifs is 1. The monoisotopic (exact) mass is 205 g/mol. The van der Waals surface area contributed by atoms with Gasteiger partial charge in [0.25, 0.3) is 0 Å². The van der Waals surface area contributed by atoms with Gasteiger partial charge in [-0.15, -0.1) is 0 Å². The predicted octanol–water partition coefficient (Wildman–Crippen LogP) is 1.82. The standard InChI is InChI=1S/C12H15NO2/c1-9(4-5-13)10-2-3-11-12(8-10)15-7-6-14-11/h2-4,8H,5-7,13H2,1H3. The van der Waals surface area contributed by atoms with Crippen LogP contribution in [0.2, 0.25) is 0 Å². The molecule has 0 amide bonds. The van der Waals surface area contributed by atoms with Crippen molar-refractivity contribution < 1.29 is 9.47 Å². The summed E-state index contributed by atoms with van der Waals surface area (Å²) in [5.74, 6) is 1.65. The van der Waals surface area contributed by atoms with E-state index >= 15 is 0 Å². The van der Waals surface area contributed by atoms with Crippen molar-refractivity contribution in [3.8, 4) is 11.5 Å². The summed E-state index contributed by atoms with van der Waals surface area (Å²) in [5.41, 5.74) is 7.76. The first-order valence-electron chi connectivity index (χ1n) is 5.08. The second kappa shape index (κ2) is 4.36. The van der Waals surface area contributed by atoms with E-state index in [1.807, 2.05) is 31.2 Å². The number of rotatable bonds is 2. The summed E-state index contributed by atoms with van der Waals surface area (Å²) in [5, 5.41) is 0. The highest BCUT2D eigenvalue weighted by Gasteiger charge is 2.11. The largest absolute Gasteiger partial charge is 0.486 e. The lowest BCUT2D eigenvalue weighted by Crippen LogP contribution is -2.15. The third kappa shape index (κ3) is 2.13. The first kappa shape index (κ1) is 10.1. The minimum Gasteiger partial charge on any atom is -0.486 e. The molecule has 2 N–H and O–H groups in total. The molecule has 3 heteroatoms. The van der Waals surface area contributed by atoms with Crippen LogP contribution in [-0.2, 0) is 0 Å². The van der Waals surface area contributed by atoms with Crippen molar-refractivity contribution in [1.29, 1.82) is 0 Å². The van der Waals surface area contributed by atoms with E-state index in [4.69, 9.17) is 15.2 Å². The number of ether oxygens (including phenoxy) is 2. The third-order valence-corrected chi connectivity index (χ3v) is 2.42. The van der Waals surface area contributed by atoms with Crippen molar-refractivity contribution >= 4 is 5.57 Å². The number of hydrogen-bond donors (Lipinski definition) is 1. The zero-order valence-electron chi connectivity index (χ0n) is 8.82. The number of hydrogen-bond acceptors (Lipinski definition) is 3. The van der Waals surface area contributed by atoms with Crippen LogP contribution in [0, 0.1) is 0 Å². The maximum atomic E-state index is 5.51. The van der Waals surface area contributed by atoms with Crippen molar-refractivity contribution in [3.63, 3.8) is 0 Å². The van der Waals surface area contributed by atoms with Gasteiger partial charge in [0.1, 0.15) is 13.2 Å². The Bertz CT molecular complexity index is 385. The fraction of sp³-hybridized carbons (Fsp3) is 0.333. The minimum absolute atomic E-state index is 0.556. The lowest BCUT2D eigenvalue weighted by molar-refractivity contribution is 0.171. The molecular weight excluding hydrogens is 190 g/mol. The van der Waals surface area contributed by atoms with E-state index in [1.54, 1.807) is 0 Å². The average Bonchev–Trinajstić information content (AvgIpc) is 2.29. The summed E-state index contributed by atoms with van der Waals surface area (Å²) in [7, 11) is 0. The van der Waals surface area contributed by atoms with E-state index in [9.17, 15) is 0 Å². The number of benzene rings is 1. The van der Waals surface area contributed by atoms with Gasteiger partial charge in [-0.3, -0.25) is 0 Å². The summed E-state index contributed by atoms with van der Waals surface area (Å²) < 4.78 is 11.0. The Morgan fingerprint density at radius 2 is 2.07 bits per heavy atom. The zero-order chi connectivity index (χ0) is 10.7. The van der Waals surface area contributed by atoms with Crippen molar-refractivity contribution in [2.75, 3.05) is 19.8 Å². The van der Waals surface area contributed by atoms with Gasteiger partial charge in [0.05, 0.1) is 0 Å². The summed E-state index contributed by atoms with van der Waals surface area (Å²) >= 11 is 0. The molecule has 1 aliphatic heterocycles. The quantitative estimate of drug-likeness (QED) is 0.801. The molecular formula is C12H15NO2. The van der Waals surface area contributed by atoms with Crippen LogP contribution < -0.4 is 15.2 Å². The average molecular weight is 205 g/mol. The van der Waals surface area contributed by atoms with Crippen LogP contribution in [0.25, 0.3) is 5.57 Å². The van der Waals surface area contributed by atoms with Crippen LogP contribution in [0.3, 0.4) is 0 Å². The van der Waals surface area contributed by atoms with Crippen molar-refractivity contribution in [2.45, 2.75) is 6.92 Å². The first-order valence-corrected chi connectivity index (χ1v) is 5.08. The van der Waals surface area contributed by atoms with E-state index in [2.05, 4.69) is 0 Å². The van der Waals surface area contributed by atoms with Crippen LogP contribution in [0.1, 0.15) is 12.5 Å². The Labute approximate surface area is 89.5 Å². The minimum atomic E-state index is 0.556. The summed E-state index contributed by atoms with van der Waals surface area (Å²) in [6.07, 6.45) is 1.99. The van der Waals surface area contributed by atoms with E-state index < -0.39 is 0 Å². The van der Waals surface area contributed by atoms with Gasteiger partial charge >= 0.3 is 0 Å². The van der Waals surface area contributed by atoms with Gasteiger partial charge < -0.3 is 15.2 Å². The van der Waals surface area contributed by atoms with Crippen LogP contribution in [0.15, 0.2) is 24.3 Å². The van der Waals surface area contributed by atoms with Gasteiger partial charge in [-0.2, -0.15) is 0 Å². The topological polar surface area (TPSA) is 44.5 Å². The first-order chi connectivity index (χ1) is 7.31. The smallest absolute Gasteiger partial charge is 0.161 e. The predicted molar refractivity (Wildman–Crippen MR) is 60.1 cm³/mol. The molecule has 0 aromatic heterocycles. The molecule has 0 radical (unpaired) electrons. The Hall–Kier alpha value is -1.48. The van der Waals surface area contributed by atoms with Crippen LogP contribution in [0.5, 0.6) is 11.5 Å². The SMILES string of the molecule is CC(=CCN)c1ccc2c(c1)OCCO2. The molecule has 0 saturated carbocycles. The second-order valence-corrected chi connectivity index (χ2v) is 3.48. The molecule has 80 valence electrons. The number of allylic oxidation sites excluding steroid dienone is 1. The van der Waals surface area contributed by atoms with Crippen LogP contribution in [-0.4, -0.2) is 19.8 Å². The van der Waals surface area contributed by atoms with Gasteiger partial charge in [0.2, 0.25) is 0 Å². The van der Waals surface area contributed by atoms with E-state index in [-0.39, 0.29) is 0 Å². The molecule has 0 fully saturated rings. The van der Waals surface area contributed by atoms with Crippen molar-refractivity contribution in [3.05, 3.63) is 29.8 Å². The molecule has 1 heterocycles. The Morgan fingerprint density at radius 3 is 2.80 bits per heavy atom. The maximum absolute atomic E-state index is 5.51. The Morgan fingerprint density at radius 1 is 1.33 bits per heavy atom. The molecule has 1 aromatic carbocycles. The highest BCUT2D eigenvalue weighted by atomic mass is 16.6. The lowest BCUT2D eigenvalue weighted by Gasteiger charge is -2.19. The van der Waals surface area contributed by atoms with E-state index in [0.717, 1.165) is 22.6 Å². The summed E-state index contributed by atoms with van der Waals surface area (Å²) in [6, 6.07) is 5.96. The Kier molecular flexibility index (Phi) is 2.92. The Balaban J connectivity index is 2.31. The molecule has 1 aromatic rings. The van der Waals surface area contributed by atoms with Crippen molar-refractivity contribution in [2.24, 2.45) is 5.73 Å². The van der Waals surface area contributed by atoms with Crippen LogP contribution in [0.4, 0.5) is 0 Å². The van der Waals surface area contributed by atoms with E-state index in [0.29, 0.717) is 19.8 Å². The summed E-state index contributed by atoms with van der Waals surface area (Å²) in [6.45, 7) is 3.85. The maximum Gasteiger partial charge on any atom is 0.161 e. The van der Waals surface area contributed by atoms with Gasteiger partial charge in [-0.25, -0.2) is 0 Å². The molecule has 15 heavy (non-hydrogen) atoms. The second-order valence-electron chi connectivity index (χ2n) is 3.48. The van der Waals surface area contributed by atoms with E-state index in [1.165, 1.54) is 0 Å². The van der Waals surface area contributed by atoms with Gasteiger partial charge in [-0.05, 0) is 30.2 Å². The lowest BCUT2D eigenvalue weighted by atomic mass is 10.1. The fourth-order valence-electron chi connectivity index (χ4n) is 1.58. The molecule has 2 rings (SSSR count). The fourth-order valence-corrected chi connectivity index (χ4v) is 1.58. The molecule has 0 spiro atoms. The molecule has 0 saturated heterocycles. The van der Waals surface area contributed by atoms with Crippen LogP contribution >= 0.6 is 0 Å². The van der Waals surface area contributed by atoms with Gasteiger partial charge in [-0.1, -0.05) is 12.1 Å². The highest BCUT2D eigenvalue weighted by Crippen LogP contribution is 2.32. The molecule has 1 aliphatic rings. The third-order valence-electron chi connectivity index (χ3n) is 2.42. The van der Waals surface area contributed by atoms with Gasteiger partial charge in [0, 0.05) is 6.54 Å². The zero-order valence-corrected chi connectivity index (χ0v) is 8.82. The number of nitrogens with two attached hydrogens (primary N) is 1. The molecule has 0 aliphatic carbocycles. The molecule has 0 atom stereocenters.